The number of hydrogen-bond acceptors (Lipinski definition) is 2. The molecule has 3 aromatic heterocycles. The van der Waals surface area contributed by atoms with Crippen LogP contribution in [-0.4, -0.2) is 18.7 Å². The molecule has 0 fully saturated rings. The van der Waals surface area contributed by atoms with E-state index in [-0.39, 0.29) is 26.6 Å². The van der Waals surface area contributed by atoms with E-state index in [9.17, 15) is 0 Å². The summed E-state index contributed by atoms with van der Waals surface area (Å²) in [5.41, 5.74) is 9.96. The smallest absolute Gasteiger partial charge is 0.188 e. The van der Waals surface area contributed by atoms with Gasteiger partial charge in [0.05, 0.1) is 5.54 Å². The number of rotatable bonds is 5. The molecule has 0 aliphatic heterocycles. The largest absolute Gasteiger partial charge is 0.508 e. The zero-order chi connectivity index (χ0) is 32.3. The first-order chi connectivity index (χ1) is 22.8. The number of fused-ring (bicyclic) bond motifs is 4. The van der Waals surface area contributed by atoms with E-state index in [0.717, 1.165) is 44.4 Å². The Morgan fingerprint density at radius 2 is 1.38 bits per heavy atom. The zero-order valence-electron chi connectivity index (χ0n) is 27.6. The van der Waals surface area contributed by atoms with Crippen LogP contribution in [0.1, 0.15) is 31.9 Å². The Bertz CT molecular complexity index is 2450. The Hall–Kier alpha value is -4.99. The van der Waals surface area contributed by atoms with Crippen molar-refractivity contribution in [2.75, 3.05) is 0 Å². The maximum Gasteiger partial charge on any atom is 0.188 e. The first-order valence-corrected chi connectivity index (χ1v) is 16.0. The average Bonchev–Trinajstić information content (AvgIpc) is 3.62. The van der Waals surface area contributed by atoms with Crippen LogP contribution in [0.4, 0.5) is 0 Å². The molecule has 0 aliphatic carbocycles. The standard InChI is InChI=1S/C42H35N4O.Pt/c1-28-12-10-13-29(2)41(28)30-22-23-43-40(24-30)46-36-17-7-6-16-34(36)35-21-20-33(26-39(35)46)47-32-15-11-14-31(25-32)44-27-45(42(3,4)5)38-19-9-8-18-37(38)44;/h6-24,27H,1-5H3;/q-1;. The van der Waals surface area contributed by atoms with Gasteiger partial charge in [-0.3, -0.25) is 0 Å². The molecule has 5 aromatic carbocycles. The summed E-state index contributed by atoms with van der Waals surface area (Å²) in [7, 11) is 0. The van der Waals surface area contributed by atoms with Gasteiger partial charge in [0, 0.05) is 62.1 Å². The molecule has 0 unspecified atom stereocenters. The van der Waals surface area contributed by atoms with Crippen LogP contribution in [0.5, 0.6) is 11.5 Å². The summed E-state index contributed by atoms with van der Waals surface area (Å²) in [5.74, 6) is 2.07. The van der Waals surface area contributed by atoms with Gasteiger partial charge < -0.3 is 9.30 Å². The van der Waals surface area contributed by atoms with Crippen molar-refractivity contribution in [3.05, 3.63) is 145 Å². The quantitative estimate of drug-likeness (QED) is 0.163. The monoisotopic (exact) mass is 806 g/mol. The third-order valence-electron chi connectivity index (χ3n) is 8.89. The minimum absolute atomic E-state index is 0. The van der Waals surface area contributed by atoms with Gasteiger partial charge >= 0.3 is 0 Å². The van der Waals surface area contributed by atoms with E-state index in [1.54, 1.807) is 0 Å². The molecule has 0 aliphatic rings. The number of imidazole rings is 1. The number of benzene rings is 5. The van der Waals surface area contributed by atoms with E-state index in [2.05, 4.69) is 158 Å². The Labute approximate surface area is 295 Å². The van der Waals surface area contributed by atoms with Gasteiger partial charge in [-0.25, -0.2) is 14.1 Å². The van der Waals surface area contributed by atoms with Crippen molar-refractivity contribution in [1.82, 2.24) is 18.7 Å². The predicted octanol–water partition coefficient (Wildman–Crippen LogP) is 10.6. The van der Waals surface area contributed by atoms with Crippen LogP contribution < -0.4 is 4.74 Å². The van der Waals surface area contributed by atoms with Crippen molar-refractivity contribution in [2.45, 2.75) is 40.2 Å². The van der Waals surface area contributed by atoms with E-state index in [0.29, 0.717) is 11.5 Å². The van der Waals surface area contributed by atoms with Crippen LogP contribution in [0.3, 0.4) is 0 Å². The molecule has 240 valence electrons. The van der Waals surface area contributed by atoms with Crippen LogP contribution in [0, 0.1) is 26.0 Å². The third-order valence-corrected chi connectivity index (χ3v) is 8.89. The van der Waals surface area contributed by atoms with Crippen LogP contribution in [-0.2, 0) is 26.6 Å². The van der Waals surface area contributed by atoms with Crippen molar-refractivity contribution in [3.63, 3.8) is 0 Å². The SMILES string of the molecule is Cc1cccc(C)c1-c1ccnc(-n2c3[c-]c(Oc4[c-]c(-n5[cH+]n(C(C)(C)C)c6ccccc65)ccc4)ccc3c3ccccc32)c1.[Pt]. The molecule has 0 bridgehead atoms. The Morgan fingerprint density at radius 1 is 0.688 bits per heavy atom. The molecule has 0 N–H and O–H groups in total. The Balaban J connectivity index is 0.00000364. The normalized spacial score (nSPS) is 11.7. The van der Waals surface area contributed by atoms with Crippen LogP contribution in [0.2, 0.25) is 0 Å². The summed E-state index contributed by atoms with van der Waals surface area (Å²) < 4.78 is 13.1. The van der Waals surface area contributed by atoms with E-state index < -0.39 is 0 Å². The van der Waals surface area contributed by atoms with E-state index in [1.165, 1.54) is 22.2 Å². The van der Waals surface area contributed by atoms with E-state index in [4.69, 9.17) is 9.72 Å². The molecule has 8 rings (SSSR count). The van der Waals surface area contributed by atoms with Crippen molar-refractivity contribution in [1.29, 1.82) is 0 Å². The molecule has 8 aromatic rings. The fourth-order valence-electron chi connectivity index (χ4n) is 6.73. The van der Waals surface area contributed by atoms with Gasteiger partial charge in [0.1, 0.15) is 5.82 Å². The van der Waals surface area contributed by atoms with Crippen molar-refractivity contribution >= 4 is 32.8 Å². The molecular weight excluding hydrogens is 772 g/mol. The second-order valence-corrected chi connectivity index (χ2v) is 13.1. The van der Waals surface area contributed by atoms with Gasteiger partial charge in [0.25, 0.3) is 0 Å². The molecule has 3 heterocycles. The zero-order valence-corrected chi connectivity index (χ0v) is 29.8. The minimum Gasteiger partial charge on any atom is -0.508 e. The van der Waals surface area contributed by atoms with Crippen molar-refractivity contribution in [2.24, 2.45) is 0 Å². The molecule has 0 radical (unpaired) electrons. The van der Waals surface area contributed by atoms with Gasteiger partial charge in [-0.05, 0) is 92.6 Å². The van der Waals surface area contributed by atoms with Gasteiger partial charge in [-0.1, -0.05) is 48.0 Å². The maximum atomic E-state index is 6.48. The van der Waals surface area contributed by atoms with Crippen LogP contribution in [0.15, 0.2) is 122 Å². The fourth-order valence-corrected chi connectivity index (χ4v) is 6.73. The van der Waals surface area contributed by atoms with Crippen LogP contribution in [0.25, 0.3) is 55.5 Å². The molecule has 0 spiro atoms. The molecule has 0 atom stereocenters. The molecule has 48 heavy (non-hydrogen) atoms. The molecule has 0 saturated carbocycles. The first-order valence-electron chi connectivity index (χ1n) is 16.0. The number of hydrogen-bond donors (Lipinski definition) is 0. The summed E-state index contributed by atoms with van der Waals surface area (Å²) in [5, 5.41) is 2.24. The molecule has 5 nitrogen and oxygen atoms in total. The Morgan fingerprint density at radius 3 is 2.15 bits per heavy atom. The van der Waals surface area contributed by atoms with Gasteiger partial charge in [-0.15, -0.1) is 29.7 Å². The number of aryl methyl sites for hydroxylation is 2. The summed E-state index contributed by atoms with van der Waals surface area (Å²) in [6.45, 7) is 11.0. The third kappa shape index (κ3) is 5.42. The maximum absolute atomic E-state index is 6.48. The average molecular weight is 807 g/mol. The summed E-state index contributed by atoms with van der Waals surface area (Å²) in [4.78, 5) is 4.86. The number of para-hydroxylation sites is 3. The predicted molar refractivity (Wildman–Crippen MR) is 192 cm³/mol. The molecule has 0 saturated heterocycles. The number of nitrogens with zero attached hydrogens (tertiary/aromatic N) is 4. The van der Waals surface area contributed by atoms with E-state index >= 15 is 0 Å². The van der Waals surface area contributed by atoms with Crippen LogP contribution >= 0.6 is 0 Å². The second-order valence-electron chi connectivity index (χ2n) is 13.1. The number of pyridine rings is 1. The number of ether oxygens (including phenoxy) is 1. The second kappa shape index (κ2) is 12.2. The van der Waals surface area contributed by atoms with Gasteiger partial charge in [0.15, 0.2) is 17.4 Å². The van der Waals surface area contributed by atoms with Crippen molar-refractivity contribution in [3.8, 4) is 34.1 Å². The number of aromatic nitrogens is 4. The topological polar surface area (TPSA) is 36.9 Å². The summed E-state index contributed by atoms with van der Waals surface area (Å²) >= 11 is 0. The first kappa shape index (κ1) is 31.6. The minimum atomic E-state index is -0.0745. The summed E-state index contributed by atoms with van der Waals surface area (Å²) in [6, 6.07) is 44.8. The van der Waals surface area contributed by atoms with Crippen molar-refractivity contribution < 1.29 is 25.8 Å². The van der Waals surface area contributed by atoms with Gasteiger partial charge in [0.2, 0.25) is 0 Å². The molecule has 6 heteroatoms. The van der Waals surface area contributed by atoms with E-state index in [1.807, 2.05) is 24.4 Å². The van der Waals surface area contributed by atoms with Gasteiger partial charge in [-0.2, -0.15) is 12.1 Å². The molecule has 0 amide bonds. The Kier molecular flexibility index (Phi) is 8.05. The summed E-state index contributed by atoms with van der Waals surface area (Å²) in [6.07, 6.45) is 4.04. The molecular formula is C42H35N4OPt-. The fraction of sp³-hybridized carbons (Fsp3) is 0.143.